The van der Waals surface area contributed by atoms with Crippen molar-refractivity contribution in [3.63, 3.8) is 0 Å². The molecule has 2 N–H and O–H groups in total. The number of nitrogens with one attached hydrogen (secondary N) is 1. The predicted molar refractivity (Wildman–Crippen MR) is 140 cm³/mol. The molecule has 2 unspecified atom stereocenters. The zero-order valence-corrected chi connectivity index (χ0v) is 22.5. The van der Waals surface area contributed by atoms with Crippen LogP contribution < -0.4 is 10.1 Å². The summed E-state index contributed by atoms with van der Waals surface area (Å²) < 4.78 is 68.1. The van der Waals surface area contributed by atoms with Crippen molar-refractivity contribution in [1.82, 2.24) is 19.4 Å². The van der Waals surface area contributed by atoms with Crippen LogP contribution >= 0.6 is 0 Å². The number of carbonyl (C=O) groups is 1. The summed E-state index contributed by atoms with van der Waals surface area (Å²) in [6.07, 6.45) is 0.425. The van der Waals surface area contributed by atoms with E-state index < -0.39 is 21.8 Å². The lowest BCUT2D eigenvalue weighted by Crippen LogP contribution is -2.52. The Hall–Kier alpha value is -3.13. The number of allylic oxidation sites excluding steroid dienone is 1. The smallest absolute Gasteiger partial charge is 0.489 e. The van der Waals surface area contributed by atoms with Crippen LogP contribution in [0.1, 0.15) is 39.9 Å². The van der Waals surface area contributed by atoms with Gasteiger partial charge in [0.15, 0.2) is 0 Å². The SMILES string of the molecule is C=C1CCC(N2Cc3c(OCc4ccc(CN5CCN(S(=O)(=O)C(F)(F)F)CC5)cc4)cccc3C2=O)C(O)N1. The number of aliphatic hydroxyl groups excluding tert-OH is 1. The van der Waals surface area contributed by atoms with Crippen LogP contribution in [0, 0.1) is 0 Å². The summed E-state index contributed by atoms with van der Waals surface area (Å²) in [4.78, 5) is 16.7. The fourth-order valence-corrected chi connectivity index (χ4v) is 6.28. The van der Waals surface area contributed by atoms with Gasteiger partial charge in [0, 0.05) is 49.5 Å². The molecule has 9 nitrogen and oxygen atoms in total. The first kappa shape index (κ1) is 28.4. The lowest BCUT2D eigenvalue weighted by atomic mass is 10.0. The molecule has 13 heteroatoms. The molecular formula is C27H31F3N4O5S. The highest BCUT2D eigenvalue weighted by Gasteiger charge is 2.50. The summed E-state index contributed by atoms with van der Waals surface area (Å²) in [7, 11) is -5.30. The van der Waals surface area contributed by atoms with Gasteiger partial charge in [-0.05, 0) is 36.1 Å². The summed E-state index contributed by atoms with van der Waals surface area (Å²) in [5.74, 6) is 0.465. The normalized spacial score (nSPS) is 22.8. The van der Waals surface area contributed by atoms with Crippen LogP contribution in [-0.2, 0) is 29.7 Å². The molecule has 0 radical (unpaired) electrons. The number of carbonyl (C=O) groups excluding carboxylic acids is 1. The number of fused-ring (bicyclic) bond motifs is 1. The molecule has 3 aliphatic rings. The number of piperidine rings is 1. The van der Waals surface area contributed by atoms with Crippen molar-refractivity contribution in [1.29, 1.82) is 0 Å². The van der Waals surface area contributed by atoms with E-state index in [1.54, 1.807) is 17.0 Å². The highest BCUT2D eigenvalue weighted by Crippen LogP contribution is 2.35. The first-order valence-electron chi connectivity index (χ1n) is 13.0. The number of halogens is 3. The molecule has 0 saturated carbocycles. The third kappa shape index (κ3) is 5.69. The Bertz CT molecular complexity index is 1380. The second-order valence-electron chi connectivity index (χ2n) is 10.2. The number of piperazine rings is 1. The van der Waals surface area contributed by atoms with Gasteiger partial charge in [-0.1, -0.05) is 36.9 Å². The van der Waals surface area contributed by atoms with E-state index in [-0.39, 0.29) is 44.7 Å². The minimum absolute atomic E-state index is 0.139. The molecule has 2 atom stereocenters. The van der Waals surface area contributed by atoms with Gasteiger partial charge in [0.1, 0.15) is 18.6 Å². The molecule has 1 amide bonds. The van der Waals surface area contributed by atoms with E-state index in [4.69, 9.17) is 4.74 Å². The van der Waals surface area contributed by atoms with Gasteiger partial charge in [-0.25, -0.2) is 8.42 Å². The van der Waals surface area contributed by atoms with Gasteiger partial charge >= 0.3 is 15.5 Å². The molecule has 2 aromatic rings. The number of benzene rings is 2. The first-order valence-corrected chi connectivity index (χ1v) is 14.4. The van der Waals surface area contributed by atoms with Crippen LogP contribution in [0.15, 0.2) is 54.7 Å². The van der Waals surface area contributed by atoms with Gasteiger partial charge in [0.05, 0.1) is 12.6 Å². The number of nitrogens with zero attached hydrogens (tertiary/aromatic N) is 3. The quantitative estimate of drug-likeness (QED) is 0.520. The third-order valence-electron chi connectivity index (χ3n) is 7.60. The van der Waals surface area contributed by atoms with E-state index >= 15 is 0 Å². The predicted octanol–water partition coefficient (Wildman–Crippen LogP) is 2.77. The van der Waals surface area contributed by atoms with Gasteiger partial charge in [0.2, 0.25) is 0 Å². The molecule has 3 heterocycles. The summed E-state index contributed by atoms with van der Waals surface area (Å²) in [6.45, 7) is 4.95. The van der Waals surface area contributed by atoms with Crippen LogP contribution in [-0.4, -0.2) is 77.5 Å². The summed E-state index contributed by atoms with van der Waals surface area (Å²) >= 11 is 0. The van der Waals surface area contributed by atoms with Crippen LogP contribution in [0.4, 0.5) is 13.2 Å². The average molecular weight is 581 g/mol. The fourth-order valence-electron chi connectivity index (χ4n) is 5.35. The maximum absolute atomic E-state index is 13.1. The van der Waals surface area contributed by atoms with Crippen molar-refractivity contribution in [2.75, 3.05) is 26.2 Å². The fraction of sp³-hybridized carbons (Fsp3) is 0.444. The van der Waals surface area contributed by atoms with E-state index in [9.17, 15) is 31.5 Å². The first-order chi connectivity index (χ1) is 18.9. The third-order valence-corrected chi connectivity index (χ3v) is 9.23. The van der Waals surface area contributed by atoms with Crippen LogP contribution in [0.5, 0.6) is 5.75 Å². The molecule has 216 valence electrons. The Balaban J connectivity index is 1.15. The largest absolute Gasteiger partial charge is 0.511 e. The number of hydrogen-bond acceptors (Lipinski definition) is 7. The van der Waals surface area contributed by atoms with Crippen molar-refractivity contribution in [3.05, 3.63) is 77.0 Å². The lowest BCUT2D eigenvalue weighted by Gasteiger charge is -2.36. The zero-order chi connectivity index (χ0) is 28.7. The van der Waals surface area contributed by atoms with Crippen LogP contribution in [0.3, 0.4) is 0 Å². The minimum atomic E-state index is -5.30. The molecule has 0 aliphatic carbocycles. The maximum atomic E-state index is 13.1. The van der Waals surface area contributed by atoms with E-state index in [0.29, 0.717) is 41.5 Å². The monoisotopic (exact) mass is 580 g/mol. The van der Waals surface area contributed by atoms with Gasteiger partial charge < -0.3 is 20.1 Å². The second-order valence-corrected chi connectivity index (χ2v) is 12.2. The summed E-state index contributed by atoms with van der Waals surface area (Å²) in [5, 5.41) is 13.4. The molecule has 2 fully saturated rings. The highest BCUT2D eigenvalue weighted by molar-refractivity contribution is 7.90. The Labute approximate surface area is 230 Å². The van der Waals surface area contributed by atoms with Crippen molar-refractivity contribution in [2.24, 2.45) is 0 Å². The van der Waals surface area contributed by atoms with Crippen molar-refractivity contribution >= 4 is 15.9 Å². The van der Waals surface area contributed by atoms with Gasteiger partial charge in [0.25, 0.3) is 5.91 Å². The van der Waals surface area contributed by atoms with Gasteiger partial charge in [-0.15, -0.1) is 0 Å². The molecule has 3 aliphatic heterocycles. The molecule has 2 aromatic carbocycles. The van der Waals surface area contributed by atoms with Gasteiger partial charge in [-0.3, -0.25) is 9.69 Å². The number of ether oxygens (including phenoxy) is 1. The maximum Gasteiger partial charge on any atom is 0.511 e. The average Bonchev–Trinajstić information content (AvgIpc) is 3.24. The summed E-state index contributed by atoms with van der Waals surface area (Å²) in [6, 6.07) is 12.6. The van der Waals surface area contributed by atoms with Crippen molar-refractivity contribution < 1.29 is 36.2 Å². The van der Waals surface area contributed by atoms with E-state index in [2.05, 4.69) is 11.9 Å². The molecule has 0 aromatic heterocycles. The highest BCUT2D eigenvalue weighted by atomic mass is 32.2. The van der Waals surface area contributed by atoms with E-state index in [0.717, 1.165) is 22.4 Å². The standard InChI is InChI=1S/C27H31F3N4O5S/c1-18-5-10-23(25(35)31-18)34-16-22-21(26(34)36)3-2-4-24(22)39-17-20-8-6-19(7-9-20)15-32-11-13-33(14-12-32)40(37,38)27(28,29)30/h2-4,6-9,23,25,31,35H,1,5,10-17H2. The number of alkyl halides is 3. The van der Waals surface area contributed by atoms with Crippen LogP contribution in [0.25, 0.3) is 0 Å². The molecule has 0 bridgehead atoms. The molecule has 5 rings (SSSR count). The Morgan fingerprint density at radius 2 is 1.73 bits per heavy atom. The van der Waals surface area contributed by atoms with E-state index in [1.165, 1.54) is 0 Å². The number of hydrogen-bond donors (Lipinski definition) is 2. The van der Waals surface area contributed by atoms with Crippen molar-refractivity contribution in [2.45, 2.75) is 50.3 Å². The van der Waals surface area contributed by atoms with Crippen LogP contribution in [0.2, 0.25) is 0 Å². The Kier molecular flexibility index (Phi) is 7.83. The topological polar surface area (TPSA) is 102 Å². The van der Waals surface area contributed by atoms with E-state index in [1.807, 2.05) is 35.2 Å². The van der Waals surface area contributed by atoms with Gasteiger partial charge in [-0.2, -0.15) is 17.5 Å². The Morgan fingerprint density at radius 1 is 1.05 bits per heavy atom. The molecule has 2 saturated heterocycles. The van der Waals surface area contributed by atoms with Crippen molar-refractivity contribution in [3.8, 4) is 5.75 Å². The molecule has 0 spiro atoms. The number of aliphatic hydroxyl groups is 1. The number of amides is 1. The lowest BCUT2D eigenvalue weighted by molar-refractivity contribution is -0.0500. The number of rotatable bonds is 7. The Morgan fingerprint density at radius 3 is 2.38 bits per heavy atom. The summed E-state index contributed by atoms with van der Waals surface area (Å²) in [5.41, 5.74) is -1.34. The number of sulfonamides is 1. The molecule has 40 heavy (non-hydrogen) atoms. The molecular weight excluding hydrogens is 549 g/mol. The minimum Gasteiger partial charge on any atom is -0.489 e. The second kappa shape index (κ2) is 11.0. The zero-order valence-electron chi connectivity index (χ0n) is 21.7.